The minimum absolute atomic E-state index is 0.201. The van der Waals surface area contributed by atoms with Crippen LogP contribution in [0, 0.1) is 0 Å². The number of hydrogen-bond acceptors (Lipinski definition) is 3. The first-order valence-electron chi connectivity index (χ1n) is 5.09. The zero-order valence-corrected chi connectivity index (χ0v) is 11.6. The van der Waals surface area contributed by atoms with Crippen LogP contribution in [0.25, 0.3) is 0 Å². The summed E-state index contributed by atoms with van der Waals surface area (Å²) in [6, 6.07) is 0. The number of esters is 1. The smallest absolute Gasteiger partial charge is 0.330 e. The van der Waals surface area contributed by atoms with Crippen molar-refractivity contribution in [1.82, 2.24) is 0 Å². The van der Waals surface area contributed by atoms with E-state index < -0.39 is 8.32 Å². The zero-order valence-electron chi connectivity index (χ0n) is 10.6. The van der Waals surface area contributed by atoms with E-state index in [1.807, 2.05) is 0 Å². The number of carbonyl (C=O) groups excluding carboxylic acids is 1. The largest absolute Gasteiger partial charge is 0.466 e. The van der Waals surface area contributed by atoms with Gasteiger partial charge in [0.25, 0.3) is 0 Å². The molecule has 0 aliphatic heterocycles. The minimum atomic E-state index is -1.69. The van der Waals surface area contributed by atoms with Gasteiger partial charge in [0.15, 0.2) is 8.32 Å². The molecule has 0 aliphatic carbocycles. The summed E-state index contributed by atoms with van der Waals surface area (Å²) in [5, 5.41) is 0.201. The summed E-state index contributed by atoms with van der Waals surface area (Å²) >= 11 is 0. The van der Waals surface area contributed by atoms with Crippen molar-refractivity contribution in [2.24, 2.45) is 0 Å². The van der Waals surface area contributed by atoms with Crippen molar-refractivity contribution < 1.29 is 14.0 Å². The summed E-state index contributed by atoms with van der Waals surface area (Å²) in [4.78, 5) is 10.8. The lowest BCUT2D eigenvalue weighted by Crippen LogP contribution is -2.40. The quantitative estimate of drug-likeness (QED) is 0.423. The van der Waals surface area contributed by atoms with E-state index in [2.05, 4.69) is 38.6 Å². The molecular formula is C11H22O3Si. The van der Waals surface area contributed by atoms with Gasteiger partial charge in [0.2, 0.25) is 0 Å². The van der Waals surface area contributed by atoms with E-state index in [0.717, 1.165) is 0 Å². The average Bonchev–Trinajstić information content (AvgIpc) is 2.10. The molecule has 0 N–H and O–H groups in total. The first kappa shape index (κ1) is 14.4. The molecule has 0 fully saturated rings. The Hall–Kier alpha value is -0.613. The van der Waals surface area contributed by atoms with Crippen molar-refractivity contribution in [3.8, 4) is 0 Å². The molecule has 88 valence electrons. The third kappa shape index (κ3) is 5.13. The van der Waals surface area contributed by atoms with E-state index in [0.29, 0.717) is 6.61 Å². The number of methoxy groups -OCH3 is 1. The van der Waals surface area contributed by atoms with Crippen LogP contribution in [0.1, 0.15) is 20.8 Å². The maximum Gasteiger partial charge on any atom is 0.330 e. The van der Waals surface area contributed by atoms with Crippen LogP contribution < -0.4 is 0 Å². The molecular weight excluding hydrogens is 208 g/mol. The number of ether oxygens (including phenoxy) is 1. The van der Waals surface area contributed by atoms with E-state index in [4.69, 9.17) is 4.43 Å². The normalized spacial score (nSPS) is 13.2. The highest BCUT2D eigenvalue weighted by Crippen LogP contribution is 2.36. The van der Waals surface area contributed by atoms with Crippen molar-refractivity contribution in [3.63, 3.8) is 0 Å². The fourth-order valence-electron chi connectivity index (χ4n) is 0.685. The second-order valence-electron chi connectivity index (χ2n) is 5.00. The van der Waals surface area contributed by atoms with Gasteiger partial charge in [-0.15, -0.1) is 0 Å². The summed E-state index contributed by atoms with van der Waals surface area (Å²) in [7, 11) is -0.328. The number of hydrogen-bond donors (Lipinski definition) is 0. The topological polar surface area (TPSA) is 35.5 Å². The van der Waals surface area contributed by atoms with Gasteiger partial charge in [-0.1, -0.05) is 26.8 Å². The van der Waals surface area contributed by atoms with Crippen LogP contribution in [0.15, 0.2) is 12.2 Å². The van der Waals surface area contributed by atoms with Crippen molar-refractivity contribution in [2.75, 3.05) is 13.7 Å². The number of carbonyl (C=O) groups is 1. The Labute approximate surface area is 93.6 Å². The molecule has 0 amide bonds. The summed E-state index contributed by atoms with van der Waals surface area (Å²) < 4.78 is 10.3. The maximum absolute atomic E-state index is 10.8. The molecule has 0 unspecified atom stereocenters. The van der Waals surface area contributed by atoms with E-state index in [1.54, 1.807) is 6.08 Å². The highest BCUT2D eigenvalue weighted by Gasteiger charge is 2.36. The zero-order chi connectivity index (χ0) is 12.1. The van der Waals surface area contributed by atoms with Gasteiger partial charge in [0.1, 0.15) is 0 Å². The van der Waals surface area contributed by atoms with Gasteiger partial charge in [-0.3, -0.25) is 0 Å². The van der Waals surface area contributed by atoms with Crippen molar-refractivity contribution >= 4 is 14.3 Å². The average molecular weight is 230 g/mol. The summed E-state index contributed by atoms with van der Waals surface area (Å²) in [6.07, 6.45) is 3.10. The van der Waals surface area contributed by atoms with Crippen LogP contribution in [-0.4, -0.2) is 28.0 Å². The highest BCUT2D eigenvalue weighted by atomic mass is 28.4. The predicted octanol–water partition coefficient (Wildman–Crippen LogP) is 2.74. The molecule has 3 nitrogen and oxygen atoms in total. The van der Waals surface area contributed by atoms with Crippen LogP contribution in [-0.2, 0) is 14.0 Å². The Morgan fingerprint density at radius 1 is 1.33 bits per heavy atom. The third-order valence-corrected chi connectivity index (χ3v) is 7.30. The standard InChI is InChI=1S/C11H22O3Si/c1-11(2,3)15(5,6)14-9-7-8-10(12)13-4/h7-8H,9H2,1-6H3/b8-7-. The molecule has 0 bridgehead atoms. The van der Waals surface area contributed by atoms with Crippen LogP contribution >= 0.6 is 0 Å². The minimum Gasteiger partial charge on any atom is -0.466 e. The van der Waals surface area contributed by atoms with Gasteiger partial charge in [-0.25, -0.2) is 4.79 Å². The lowest BCUT2D eigenvalue weighted by atomic mass is 10.2. The predicted molar refractivity (Wildman–Crippen MR) is 64.3 cm³/mol. The fourth-order valence-corrected chi connectivity index (χ4v) is 1.63. The van der Waals surface area contributed by atoms with Gasteiger partial charge < -0.3 is 9.16 Å². The van der Waals surface area contributed by atoms with Crippen molar-refractivity contribution in [3.05, 3.63) is 12.2 Å². The molecule has 0 rings (SSSR count). The Morgan fingerprint density at radius 3 is 2.27 bits per heavy atom. The third-order valence-electron chi connectivity index (χ3n) is 2.80. The molecule has 0 saturated heterocycles. The van der Waals surface area contributed by atoms with E-state index in [-0.39, 0.29) is 11.0 Å². The van der Waals surface area contributed by atoms with E-state index in [9.17, 15) is 4.79 Å². The molecule has 15 heavy (non-hydrogen) atoms. The van der Waals surface area contributed by atoms with Gasteiger partial charge in [-0.2, -0.15) is 0 Å². The second-order valence-corrected chi connectivity index (χ2v) is 9.81. The Balaban J connectivity index is 4.07. The number of rotatable bonds is 4. The van der Waals surface area contributed by atoms with Gasteiger partial charge in [-0.05, 0) is 18.1 Å². The van der Waals surface area contributed by atoms with Crippen molar-refractivity contribution in [1.29, 1.82) is 0 Å². The van der Waals surface area contributed by atoms with Crippen LogP contribution in [0.3, 0.4) is 0 Å². The molecule has 0 aliphatic rings. The van der Waals surface area contributed by atoms with Crippen LogP contribution in [0.5, 0.6) is 0 Å². The molecule has 0 saturated carbocycles. The van der Waals surface area contributed by atoms with E-state index >= 15 is 0 Å². The second kappa shape index (κ2) is 5.46. The molecule has 4 heteroatoms. The van der Waals surface area contributed by atoms with Gasteiger partial charge in [0, 0.05) is 6.08 Å². The van der Waals surface area contributed by atoms with Crippen LogP contribution in [0.4, 0.5) is 0 Å². The molecule has 0 radical (unpaired) electrons. The molecule has 0 atom stereocenters. The molecule has 0 aromatic carbocycles. The molecule has 0 spiro atoms. The summed E-state index contributed by atoms with van der Waals surface area (Å²) in [6.45, 7) is 11.4. The highest BCUT2D eigenvalue weighted by molar-refractivity contribution is 6.74. The Morgan fingerprint density at radius 2 is 1.87 bits per heavy atom. The first-order valence-corrected chi connectivity index (χ1v) is 8.00. The Kier molecular flexibility index (Phi) is 5.24. The van der Waals surface area contributed by atoms with E-state index in [1.165, 1.54) is 13.2 Å². The van der Waals surface area contributed by atoms with Gasteiger partial charge in [0.05, 0.1) is 13.7 Å². The van der Waals surface area contributed by atoms with Crippen LogP contribution in [0.2, 0.25) is 18.1 Å². The molecule has 0 aromatic heterocycles. The Bertz CT molecular complexity index is 239. The molecule has 0 heterocycles. The molecule has 0 aromatic rings. The summed E-state index contributed by atoms with van der Waals surface area (Å²) in [5.74, 6) is -0.339. The van der Waals surface area contributed by atoms with Crippen molar-refractivity contribution in [2.45, 2.75) is 38.9 Å². The van der Waals surface area contributed by atoms with Gasteiger partial charge >= 0.3 is 5.97 Å². The first-order chi connectivity index (χ1) is 6.70. The fraction of sp³-hybridized carbons (Fsp3) is 0.727. The lowest BCUT2D eigenvalue weighted by Gasteiger charge is -2.35. The monoisotopic (exact) mass is 230 g/mol. The maximum atomic E-state index is 10.8. The SMILES string of the molecule is COC(=O)/C=C\CO[Si](C)(C)C(C)(C)C. The lowest BCUT2D eigenvalue weighted by molar-refractivity contribution is -0.134. The summed E-state index contributed by atoms with van der Waals surface area (Å²) in [5.41, 5.74) is 0.